The molecule has 0 amide bonds. The zero-order valence-electron chi connectivity index (χ0n) is 8.18. The second-order valence-electron chi connectivity index (χ2n) is 3.34. The lowest BCUT2D eigenvalue weighted by molar-refractivity contribution is 0.0696. The minimum atomic E-state index is -0.971. The van der Waals surface area contributed by atoms with Crippen molar-refractivity contribution in [3.63, 3.8) is 0 Å². The lowest BCUT2D eigenvalue weighted by Crippen LogP contribution is -2.44. The van der Waals surface area contributed by atoms with Crippen molar-refractivity contribution in [2.75, 3.05) is 31.1 Å². The third kappa shape index (κ3) is 2.21. The maximum absolute atomic E-state index is 10.7. The second-order valence-corrected chi connectivity index (χ2v) is 3.34. The number of hydrogen-bond donors (Lipinski definition) is 2. The molecule has 0 bridgehead atoms. The van der Waals surface area contributed by atoms with Gasteiger partial charge in [-0.05, 0) is 6.07 Å². The van der Waals surface area contributed by atoms with Gasteiger partial charge in [-0.2, -0.15) is 5.10 Å². The number of rotatable bonds is 2. The van der Waals surface area contributed by atoms with Crippen molar-refractivity contribution < 1.29 is 9.90 Å². The van der Waals surface area contributed by atoms with Gasteiger partial charge in [0.15, 0.2) is 5.82 Å². The molecule has 0 radical (unpaired) electrons. The molecule has 1 aliphatic rings. The molecule has 1 fully saturated rings. The van der Waals surface area contributed by atoms with Crippen LogP contribution in [0.3, 0.4) is 0 Å². The van der Waals surface area contributed by atoms with E-state index in [1.54, 1.807) is 6.07 Å². The van der Waals surface area contributed by atoms with Gasteiger partial charge in [-0.1, -0.05) is 0 Å². The van der Waals surface area contributed by atoms with Crippen LogP contribution in [0.2, 0.25) is 0 Å². The van der Waals surface area contributed by atoms with Gasteiger partial charge in [0, 0.05) is 26.2 Å². The highest BCUT2D eigenvalue weighted by molar-refractivity contribution is 5.87. The molecule has 15 heavy (non-hydrogen) atoms. The van der Waals surface area contributed by atoms with Crippen LogP contribution < -0.4 is 10.2 Å². The van der Waals surface area contributed by atoms with Gasteiger partial charge in [-0.3, -0.25) is 0 Å². The highest BCUT2D eigenvalue weighted by Crippen LogP contribution is 2.11. The number of nitrogens with zero attached hydrogens (tertiary/aromatic N) is 3. The summed E-state index contributed by atoms with van der Waals surface area (Å²) in [5.41, 5.74) is 0.179. The molecule has 2 N–H and O–H groups in total. The number of carboxylic acids is 1. The second kappa shape index (κ2) is 4.22. The molecule has 0 atom stereocenters. The standard InChI is InChI=1S/C9H12N4O2/c14-9(15)7-5-8(12-11-6-7)13-3-1-10-2-4-13/h5-6,10H,1-4H2,(H,14,15). The summed E-state index contributed by atoms with van der Waals surface area (Å²) in [5, 5.41) is 19.6. The van der Waals surface area contributed by atoms with E-state index in [9.17, 15) is 4.79 Å². The van der Waals surface area contributed by atoms with Gasteiger partial charge in [0.25, 0.3) is 0 Å². The number of aromatic nitrogens is 2. The Morgan fingerprint density at radius 1 is 1.47 bits per heavy atom. The quantitative estimate of drug-likeness (QED) is 0.687. The first-order valence-corrected chi connectivity index (χ1v) is 4.79. The lowest BCUT2D eigenvalue weighted by Gasteiger charge is -2.27. The van der Waals surface area contributed by atoms with Crippen molar-refractivity contribution in [1.29, 1.82) is 0 Å². The minimum absolute atomic E-state index is 0.179. The third-order valence-corrected chi connectivity index (χ3v) is 2.33. The van der Waals surface area contributed by atoms with E-state index in [1.807, 2.05) is 4.90 Å². The maximum atomic E-state index is 10.7. The third-order valence-electron chi connectivity index (χ3n) is 2.33. The van der Waals surface area contributed by atoms with Crippen LogP contribution in [0.15, 0.2) is 12.3 Å². The molecule has 0 aliphatic carbocycles. The summed E-state index contributed by atoms with van der Waals surface area (Å²) in [5.74, 6) is -0.335. The van der Waals surface area contributed by atoms with Gasteiger partial charge < -0.3 is 15.3 Å². The zero-order valence-corrected chi connectivity index (χ0v) is 8.18. The Morgan fingerprint density at radius 3 is 2.87 bits per heavy atom. The van der Waals surface area contributed by atoms with Crippen LogP contribution in [0.5, 0.6) is 0 Å². The van der Waals surface area contributed by atoms with Crippen molar-refractivity contribution in [3.05, 3.63) is 17.8 Å². The highest BCUT2D eigenvalue weighted by atomic mass is 16.4. The first-order chi connectivity index (χ1) is 7.27. The molecule has 1 aliphatic heterocycles. The van der Waals surface area contributed by atoms with Crippen molar-refractivity contribution >= 4 is 11.8 Å². The smallest absolute Gasteiger partial charge is 0.337 e. The number of hydrogen-bond acceptors (Lipinski definition) is 5. The molecule has 0 saturated carbocycles. The molecule has 80 valence electrons. The van der Waals surface area contributed by atoms with E-state index in [0.29, 0.717) is 5.82 Å². The molecular formula is C9H12N4O2. The van der Waals surface area contributed by atoms with Crippen LogP contribution >= 0.6 is 0 Å². The summed E-state index contributed by atoms with van der Waals surface area (Å²) in [4.78, 5) is 12.8. The first-order valence-electron chi connectivity index (χ1n) is 4.79. The molecule has 0 spiro atoms. The predicted molar refractivity (Wildman–Crippen MR) is 54.1 cm³/mol. The normalized spacial score (nSPS) is 16.4. The van der Waals surface area contributed by atoms with Crippen LogP contribution in [0.25, 0.3) is 0 Å². The predicted octanol–water partition coefficient (Wildman–Crippen LogP) is -0.416. The number of carbonyl (C=O) groups is 1. The van der Waals surface area contributed by atoms with E-state index in [1.165, 1.54) is 6.20 Å². The Balaban J connectivity index is 2.19. The Kier molecular flexibility index (Phi) is 2.77. The Morgan fingerprint density at radius 2 is 2.20 bits per heavy atom. The molecule has 6 heteroatoms. The number of anilines is 1. The monoisotopic (exact) mass is 208 g/mol. The first kappa shape index (κ1) is 9.85. The van der Waals surface area contributed by atoms with Crippen LogP contribution in [0.1, 0.15) is 10.4 Å². The molecule has 0 aromatic carbocycles. The van der Waals surface area contributed by atoms with Crippen LogP contribution in [0.4, 0.5) is 5.82 Å². The van der Waals surface area contributed by atoms with Gasteiger partial charge in [-0.15, -0.1) is 5.10 Å². The average molecular weight is 208 g/mol. The van der Waals surface area contributed by atoms with E-state index in [2.05, 4.69) is 15.5 Å². The van der Waals surface area contributed by atoms with E-state index in [0.717, 1.165) is 26.2 Å². The summed E-state index contributed by atoms with van der Waals surface area (Å²) in [6.07, 6.45) is 1.26. The van der Waals surface area contributed by atoms with Crippen molar-refractivity contribution in [1.82, 2.24) is 15.5 Å². The van der Waals surface area contributed by atoms with Crippen LogP contribution in [0, 0.1) is 0 Å². The fourth-order valence-electron chi connectivity index (χ4n) is 1.52. The molecule has 1 aromatic heterocycles. The van der Waals surface area contributed by atoms with Gasteiger partial charge in [0.2, 0.25) is 0 Å². The molecule has 0 unspecified atom stereocenters. The number of nitrogens with one attached hydrogen (secondary N) is 1. The van der Waals surface area contributed by atoms with E-state index in [4.69, 9.17) is 5.11 Å². The topological polar surface area (TPSA) is 78.3 Å². The minimum Gasteiger partial charge on any atom is -0.478 e. The fourth-order valence-corrected chi connectivity index (χ4v) is 1.52. The maximum Gasteiger partial charge on any atom is 0.337 e. The number of carboxylic acid groups (broad SMARTS) is 1. The summed E-state index contributed by atoms with van der Waals surface area (Å²) < 4.78 is 0. The molecule has 1 saturated heterocycles. The Bertz CT molecular complexity index is 363. The molecular weight excluding hydrogens is 196 g/mol. The largest absolute Gasteiger partial charge is 0.478 e. The fraction of sp³-hybridized carbons (Fsp3) is 0.444. The van der Waals surface area contributed by atoms with Crippen LogP contribution in [-0.4, -0.2) is 47.5 Å². The van der Waals surface area contributed by atoms with E-state index < -0.39 is 5.97 Å². The van der Waals surface area contributed by atoms with E-state index >= 15 is 0 Å². The molecule has 6 nitrogen and oxygen atoms in total. The summed E-state index contributed by atoms with van der Waals surface area (Å²) in [7, 11) is 0. The summed E-state index contributed by atoms with van der Waals surface area (Å²) in [6.45, 7) is 3.44. The van der Waals surface area contributed by atoms with Gasteiger partial charge in [0.1, 0.15) is 0 Å². The molecule has 2 rings (SSSR count). The SMILES string of the molecule is O=C(O)c1cnnc(N2CCNCC2)c1. The average Bonchev–Trinajstić information content (AvgIpc) is 2.30. The Labute approximate surface area is 86.9 Å². The molecule has 2 heterocycles. The van der Waals surface area contributed by atoms with Crippen LogP contribution in [-0.2, 0) is 0 Å². The Hall–Kier alpha value is -1.69. The van der Waals surface area contributed by atoms with Crippen molar-refractivity contribution in [2.24, 2.45) is 0 Å². The van der Waals surface area contributed by atoms with Gasteiger partial charge in [-0.25, -0.2) is 4.79 Å². The highest BCUT2D eigenvalue weighted by Gasteiger charge is 2.13. The van der Waals surface area contributed by atoms with Crippen molar-refractivity contribution in [2.45, 2.75) is 0 Å². The summed E-state index contributed by atoms with van der Waals surface area (Å²) >= 11 is 0. The van der Waals surface area contributed by atoms with E-state index in [-0.39, 0.29) is 5.56 Å². The molecule has 1 aromatic rings. The lowest BCUT2D eigenvalue weighted by atomic mass is 10.3. The van der Waals surface area contributed by atoms with Crippen molar-refractivity contribution in [3.8, 4) is 0 Å². The number of piperazine rings is 1. The van der Waals surface area contributed by atoms with Gasteiger partial charge in [0.05, 0.1) is 11.8 Å². The van der Waals surface area contributed by atoms with Gasteiger partial charge >= 0.3 is 5.97 Å². The summed E-state index contributed by atoms with van der Waals surface area (Å²) in [6, 6.07) is 1.56. The zero-order chi connectivity index (χ0) is 10.7. The number of aromatic carboxylic acids is 1.